The van der Waals surface area contributed by atoms with E-state index >= 15 is 0 Å². The fourth-order valence-electron chi connectivity index (χ4n) is 2.98. The predicted molar refractivity (Wildman–Crippen MR) is 100 cm³/mol. The molecule has 0 aromatic heterocycles. The molecule has 0 fully saturated rings. The summed E-state index contributed by atoms with van der Waals surface area (Å²) >= 11 is 0. The Kier molecular flexibility index (Phi) is 3.96. The number of hydrogen-bond donors (Lipinski definition) is 1. The first kappa shape index (κ1) is 15.4. The summed E-state index contributed by atoms with van der Waals surface area (Å²) in [6.45, 7) is 0. The van der Waals surface area contributed by atoms with E-state index in [-0.39, 0.29) is 0 Å². The van der Waals surface area contributed by atoms with Gasteiger partial charge in [0.1, 0.15) is 5.76 Å². The van der Waals surface area contributed by atoms with Crippen molar-refractivity contribution in [2.45, 2.75) is 5.79 Å². The van der Waals surface area contributed by atoms with Crippen LogP contribution in [0.5, 0.6) is 0 Å². The van der Waals surface area contributed by atoms with Crippen LogP contribution in [0.2, 0.25) is 0 Å². The van der Waals surface area contributed by atoms with Gasteiger partial charge in [-0.2, -0.15) is 0 Å². The molecule has 1 aliphatic heterocycles. The molecule has 1 heterocycles. The zero-order valence-electron chi connectivity index (χ0n) is 13.7. The number of allylic oxidation sites excluding steroid dienone is 2. The van der Waals surface area contributed by atoms with Gasteiger partial charge in [-0.3, -0.25) is 0 Å². The molecule has 3 aromatic carbocycles. The molecule has 2 nitrogen and oxygen atoms in total. The van der Waals surface area contributed by atoms with Crippen LogP contribution in [-0.4, -0.2) is 5.11 Å². The van der Waals surface area contributed by atoms with Gasteiger partial charge in [0.25, 0.3) is 5.79 Å². The van der Waals surface area contributed by atoms with E-state index in [1.54, 1.807) is 6.08 Å². The lowest BCUT2D eigenvalue weighted by atomic mass is 9.94. The first-order valence-electron chi connectivity index (χ1n) is 8.27. The van der Waals surface area contributed by atoms with Crippen LogP contribution >= 0.6 is 0 Å². The van der Waals surface area contributed by atoms with E-state index < -0.39 is 5.79 Å². The zero-order valence-corrected chi connectivity index (χ0v) is 13.7. The lowest BCUT2D eigenvalue weighted by Gasteiger charge is -2.32. The van der Waals surface area contributed by atoms with Crippen molar-refractivity contribution in [3.8, 4) is 0 Å². The summed E-state index contributed by atoms with van der Waals surface area (Å²) in [6.07, 6.45) is 3.74. The molecule has 0 spiro atoms. The predicted octanol–water partition coefficient (Wildman–Crippen LogP) is 4.99. The van der Waals surface area contributed by atoms with Crippen LogP contribution in [0.3, 0.4) is 0 Å². The molecule has 1 N–H and O–H groups in total. The van der Waals surface area contributed by atoms with Gasteiger partial charge in [0, 0.05) is 11.1 Å². The summed E-state index contributed by atoms with van der Waals surface area (Å²) in [5.74, 6) is -0.861. The van der Waals surface area contributed by atoms with Crippen LogP contribution in [0.1, 0.15) is 16.7 Å². The van der Waals surface area contributed by atoms with Crippen molar-refractivity contribution in [1.29, 1.82) is 0 Å². The third-order valence-corrected chi connectivity index (χ3v) is 4.26. The van der Waals surface area contributed by atoms with Crippen molar-refractivity contribution in [2.24, 2.45) is 0 Å². The Morgan fingerprint density at radius 2 is 1.16 bits per heavy atom. The molecule has 25 heavy (non-hydrogen) atoms. The number of hydrogen-bond acceptors (Lipinski definition) is 2. The van der Waals surface area contributed by atoms with Crippen molar-refractivity contribution in [3.63, 3.8) is 0 Å². The van der Waals surface area contributed by atoms with Gasteiger partial charge in [0.15, 0.2) is 0 Å². The standard InChI is InChI=1S/C23H18O2/c24-23(21-14-8-3-9-15-21)17-20(18-10-4-1-5-11-18)16-22(25-23)19-12-6-2-7-13-19/h1-17,24H. The molecule has 0 saturated carbocycles. The Hall–Kier alpha value is -3.10. The number of benzene rings is 3. The molecular weight excluding hydrogens is 308 g/mol. The van der Waals surface area contributed by atoms with Gasteiger partial charge in [-0.15, -0.1) is 0 Å². The fraction of sp³-hybridized carbons (Fsp3) is 0.0435. The van der Waals surface area contributed by atoms with E-state index in [0.717, 1.165) is 16.7 Å². The minimum Gasteiger partial charge on any atom is -0.454 e. The van der Waals surface area contributed by atoms with Crippen LogP contribution in [0.4, 0.5) is 0 Å². The largest absolute Gasteiger partial charge is 0.454 e. The summed E-state index contributed by atoms with van der Waals surface area (Å²) in [5, 5.41) is 11.3. The molecule has 4 rings (SSSR count). The van der Waals surface area contributed by atoms with Gasteiger partial charge in [-0.25, -0.2) is 0 Å². The Bertz CT molecular complexity index is 912. The molecule has 1 atom stereocenters. The van der Waals surface area contributed by atoms with Crippen LogP contribution in [0, 0.1) is 0 Å². The van der Waals surface area contributed by atoms with E-state index in [1.165, 1.54) is 0 Å². The normalized spacial score (nSPS) is 19.6. The van der Waals surface area contributed by atoms with Crippen LogP contribution in [0.25, 0.3) is 11.3 Å². The summed E-state index contributed by atoms with van der Waals surface area (Å²) in [4.78, 5) is 0. The van der Waals surface area contributed by atoms with E-state index in [0.29, 0.717) is 11.3 Å². The molecule has 3 aromatic rings. The molecule has 0 aliphatic carbocycles. The molecule has 0 amide bonds. The zero-order chi connectivity index (χ0) is 17.1. The third-order valence-electron chi connectivity index (χ3n) is 4.26. The minimum atomic E-state index is -1.51. The van der Waals surface area contributed by atoms with Crippen molar-refractivity contribution in [1.82, 2.24) is 0 Å². The van der Waals surface area contributed by atoms with Crippen molar-refractivity contribution in [2.75, 3.05) is 0 Å². The smallest absolute Gasteiger partial charge is 0.255 e. The highest BCUT2D eigenvalue weighted by molar-refractivity contribution is 5.84. The number of rotatable bonds is 3. The molecule has 1 unspecified atom stereocenters. The maximum Gasteiger partial charge on any atom is 0.255 e. The minimum absolute atomic E-state index is 0.647. The van der Waals surface area contributed by atoms with Crippen LogP contribution in [0.15, 0.2) is 103 Å². The number of aliphatic hydroxyl groups is 1. The van der Waals surface area contributed by atoms with Gasteiger partial charge in [-0.1, -0.05) is 91.0 Å². The first-order chi connectivity index (χ1) is 12.2. The van der Waals surface area contributed by atoms with E-state index in [2.05, 4.69) is 0 Å². The van der Waals surface area contributed by atoms with Crippen LogP contribution < -0.4 is 0 Å². The summed E-state index contributed by atoms with van der Waals surface area (Å²) in [6, 6.07) is 29.3. The highest BCUT2D eigenvalue weighted by atomic mass is 16.6. The average molecular weight is 326 g/mol. The van der Waals surface area contributed by atoms with Gasteiger partial charge in [0.05, 0.1) is 0 Å². The quantitative estimate of drug-likeness (QED) is 0.735. The second-order valence-electron chi connectivity index (χ2n) is 6.00. The molecule has 1 aliphatic rings. The Labute approximate surface area is 147 Å². The van der Waals surface area contributed by atoms with Crippen molar-refractivity contribution >= 4 is 11.3 Å². The number of ether oxygens (including phenoxy) is 1. The van der Waals surface area contributed by atoms with Gasteiger partial charge in [-0.05, 0) is 23.3 Å². The SMILES string of the molecule is OC1(c2ccccc2)C=C(c2ccccc2)C=C(c2ccccc2)O1. The highest BCUT2D eigenvalue weighted by Gasteiger charge is 2.34. The average Bonchev–Trinajstić information content (AvgIpc) is 2.70. The van der Waals surface area contributed by atoms with Gasteiger partial charge in [0.2, 0.25) is 0 Å². The summed E-state index contributed by atoms with van der Waals surface area (Å²) in [7, 11) is 0. The summed E-state index contributed by atoms with van der Waals surface area (Å²) in [5.41, 5.74) is 3.59. The second-order valence-corrected chi connectivity index (χ2v) is 6.00. The first-order valence-corrected chi connectivity index (χ1v) is 8.27. The highest BCUT2D eigenvalue weighted by Crippen LogP contribution is 2.39. The van der Waals surface area contributed by atoms with Crippen molar-refractivity contribution < 1.29 is 9.84 Å². The molecule has 122 valence electrons. The fourth-order valence-corrected chi connectivity index (χ4v) is 2.98. The lowest BCUT2D eigenvalue weighted by Crippen LogP contribution is -2.28. The molecular formula is C23H18O2. The maximum absolute atomic E-state index is 11.3. The molecule has 0 saturated heterocycles. The second kappa shape index (κ2) is 6.42. The van der Waals surface area contributed by atoms with Gasteiger partial charge >= 0.3 is 0 Å². The molecule has 2 heteroatoms. The molecule has 0 bridgehead atoms. The summed E-state index contributed by atoms with van der Waals surface area (Å²) < 4.78 is 6.04. The Morgan fingerprint density at radius 3 is 1.76 bits per heavy atom. The van der Waals surface area contributed by atoms with E-state index in [1.807, 2.05) is 97.1 Å². The monoisotopic (exact) mass is 326 g/mol. The maximum atomic E-state index is 11.3. The van der Waals surface area contributed by atoms with E-state index in [4.69, 9.17) is 4.74 Å². The topological polar surface area (TPSA) is 29.5 Å². The van der Waals surface area contributed by atoms with E-state index in [9.17, 15) is 5.11 Å². The van der Waals surface area contributed by atoms with Crippen molar-refractivity contribution in [3.05, 3.63) is 120 Å². The lowest BCUT2D eigenvalue weighted by molar-refractivity contribution is -0.123. The Balaban J connectivity index is 1.85. The van der Waals surface area contributed by atoms with Gasteiger partial charge < -0.3 is 9.84 Å². The molecule has 0 radical (unpaired) electrons. The third kappa shape index (κ3) is 3.12. The van der Waals surface area contributed by atoms with Crippen LogP contribution in [-0.2, 0) is 10.5 Å². The Morgan fingerprint density at radius 1 is 0.640 bits per heavy atom.